The van der Waals surface area contributed by atoms with Crippen molar-refractivity contribution in [2.45, 2.75) is 27.7 Å². The Morgan fingerprint density at radius 1 is 0.909 bits per heavy atom. The molecule has 0 radical (unpaired) electrons. The summed E-state index contributed by atoms with van der Waals surface area (Å²) in [5.74, 6) is -3.48. The van der Waals surface area contributed by atoms with Gasteiger partial charge in [-0.1, -0.05) is 0 Å². The SMILES string of the molecule is CCOC(=O)C1=C(C)NC(C)=C(C(=O)OCC)C1C(=O)OCC(=O)c1ccc2c(c1)OCO2. The fourth-order valence-electron chi connectivity index (χ4n) is 3.56. The summed E-state index contributed by atoms with van der Waals surface area (Å²) in [6, 6.07) is 4.60. The molecule has 0 saturated carbocycles. The topological polar surface area (TPSA) is 126 Å². The Bertz CT molecular complexity index is 1010. The summed E-state index contributed by atoms with van der Waals surface area (Å²) in [6.45, 7) is 5.98. The Labute approximate surface area is 190 Å². The molecule has 0 amide bonds. The largest absolute Gasteiger partial charge is 0.463 e. The van der Waals surface area contributed by atoms with Crippen LogP contribution in [0.25, 0.3) is 0 Å². The van der Waals surface area contributed by atoms with Gasteiger partial charge in [0.2, 0.25) is 6.79 Å². The minimum absolute atomic E-state index is 0.0579. The minimum Gasteiger partial charge on any atom is -0.463 e. The quantitative estimate of drug-likeness (QED) is 0.350. The van der Waals surface area contributed by atoms with Crippen molar-refractivity contribution >= 4 is 23.7 Å². The number of carbonyl (C=O) groups excluding carboxylic acids is 4. The number of ketones is 1. The molecular formula is C23H25NO9. The molecule has 0 aromatic heterocycles. The molecule has 33 heavy (non-hydrogen) atoms. The average molecular weight is 459 g/mol. The first kappa shape index (κ1) is 23.8. The van der Waals surface area contributed by atoms with Gasteiger partial charge in [0.05, 0.1) is 24.4 Å². The number of dihydropyridines is 1. The van der Waals surface area contributed by atoms with Crippen molar-refractivity contribution in [3.8, 4) is 11.5 Å². The van der Waals surface area contributed by atoms with Gasteiger partial charge in [-0.15, -0.1) is 0 Å². The summed E-state index contributed by atoms with van der Waals surface area (Å²) >= 11 is 0. The van der Waals surface area contributed by atoms with Gasteiger partial charge >= 0.3 is 17.9 Å². The van der Waals surface area contributed by atoms with E-state index in [9.17, 15) is 19.2 Å². The van der Waals surface area contributed by atoms with Crippen LogP contribution >= 0.6 is 0 Å². The lowest BCUT2D eigenvalue weighted by molar-refractivity contribution is -0.151. The third kappa shape index (κ3) is 5.00. The number of allylic oxidation sites excluding steroid dienone is 2. The van der Waals surface area contributed by atoms with Gasteiger partial charge in [-0.2, -0.15) is 0 Å². The Morgan fingerprint density at radius 3 is 2.06 bits per heavy atom. The molecule has 3 rings (SSSR count). The molecule has 1 N–H and O–H groups in total. The second-order valence-corrected chi connectivity index (χ2v) is 7.18. The minimum atomic E-state index is -1.41. The smallest absolute Gasteiger partial charge is 0.337 e. The second-order valence-electron chi connectivity index (χ2n) is 7.18. The molecule has 0 saturated heterocycles. The lowest BCUT2D eigenvalue weighted by atomic mass is 9.85. The maximum atomic E-state index is 13.1. The van der Waals surface area contributed by atoms with Crippen molar-refractivity contribution < 1.29 is 42.9 Å². The number of Topliss-reactive ketones (excluding diaryl/α,β-unsaturated/α-hetero) is 1. The molecule has 0 aliphatic carbocycles. The fraction of sp³-hybridized carbons (Fsp3) is 0.391. The Morgan fingerprint density at radius 2 is 1.48 bits per heavy atom. The van der Waals surface area contributed by atoms with E-state index in [1.807, 2.05) is 0 Å². The van der Waals surface area contributed by atoms with Crippen LogP contribution in [0.1, 0.15) is 38.1 Å². The molecule has 10 heteroatoms. The van der Waals surface area contributed by atoms with Crippen molar-refractivity contribution in [2.24, 2.45) is 5.92 Å². The van der Waals surface area contributed by atoms with Crippen LogP contribution in [0.5, 0.6) is 11.5 Å². The molecule has 1 aromatic rings. The maximum absolute atomic E-state index is 13.1. The number of hydrogen-bond acceptors (Lipinski definition) is 10. The van der Waals surface area contributed by atoms with Crippen molar-refractivity contribution in [2.75, 3.05) is 26.6 Å². The number of nitrogens with one attached hydrogen (secondary N) is 1. The highest BCUT2D eigenvalue weighted by atomic mass is 16.7. The Balaban J connectivity index is 1.85. The normalized spacial score (nSPS) is 15.2. The van der Waals surface area contributed by atoms with Gasteiger partial charge < -0.3 is 29.0 Å². The maximum Gasteiger partial charge on any atom is 0.337 e. The first-order valence-corrected chi connectivity index (χ1v) is 10.4. The van der Waals surface area contributed by atoms with Crippen LogP contribution in [0.15, 0.2) is 40.7 Å². The number of ether oxygens (including phenoxy) is 5. The average Bonchev–Trinajstić information content (AvgIpc) is 3.24. The van der Waals surface area contributed by atoms with Gasteiger partial charge in [-0.05, 0) is 45.9 Å². The van der Waals surface area contributed by atoms with Crippen molar-refractivity contribution in [1.29, 1.82) is 0 Å². The molecule has 2 aliphatic heterocycles. The summed E-state index contributed by atoms with van der Waals surface area (Å²) in [5.41, 5.74) is 0.773. The number of carbonyl (C=O) groups is 4. The highest BCUT2D eigenvalue weighted by Crippen LogP contribution is 2.34. The van der Waals surface area contributed by atoms with Crippen molar-refractivity contribution in [3.63, 3.8) is 0 Å². The summed E-state index contributed by atoms with van der Waals surface area (Å²) in [4.78, 5) is 51.0. The monoisotopic (exact) mass is 459 g/mol. The standard InChI is InChI=1S/C23H25NO9/c1-5-29-21(26)18-12(3)24-13(4)19(22(27)30-6-2)20(18)23(28)31-10-15(25)14-7-8-16-17(9-14)33-11-32-16/h7-9,20,24H,5-6,10-11H2,1-4H3. The molecule has 2 aliphatic rings. The van der Waals surface area contributed by atoms with Gasteiger partial charge in [0, 0.05) is 17.0 Å². The van der Waals surface area contributed by atoms with E-state index in [0.717, 1.165) is 0 Å². The van der Waals surface area contributed by atoms with Crippen LogP contribution in [0, 0.1) is 5.92 Å². The van der Waals surface area contributed by atoms with Crippen molar-refractivity contribution in [1.82, 2.24) is 5.32 Å². The number of rotatable bonds is 8. The van der Waals surface area contributed by atoms with Gasteiger partial charge in [0.1, 0.15) is 5.92 Å². The molecule has 0 unspecified atom stereocenters. The molecule has 176 valence electrons. The van der Waals surface area contributed by atoms with Gasteiger partial charge in [-0.25, -0.2) is 9.59 Å². The first-order valence-electron chi connectivity index (χ1n) is 10.4. The molecule has 0 spiro atoms. The zero-order valence-electron chi connectivity index (χ0n) is 18.8. The van der Waals surface area contributed by atoms with E-state index in [2.05, 4.69) is 5.32 Å². The van der Waals surface area contributed by atoms with Crippen LogP contribution in [-0.2, 0) is 28.6 Å². The van der Waals surface area contributed by atoms with E-state index in [1.165, 1.54) is 12.1 Å². The molecule has 10 nitrogen and oxygen atoms in total. The lowest BCUT2D eigenvalue weighted by Crippen LogP contribution is -2.38. The summed E-state index contributed by atoms with van der Waals surface area (Å²) in [5, 5.41) is 2.91. The van der Waals surface area contributed by atoms with E-state index < -0.39 is 36.2 Å². The number of esters is 3. The van der Waals surface area contributed by atoms with Gasteiger partial charge in [-0.3, -0.25) is 9.59 Å². The van der Waals surface area contributed by atoms with E-state index in [1.54, 1.807) is 33.8 Å². The van der Waals surface area contributed by atoms with Crippen LogP contribution in [0.3, 0.4) is 0 Å². The lowest BCUT2D eigenvalue weighted by Gasteiger charge is -2.28. The van der Waals surface area contributed by atoms with Crippen LogP contribution in [0.2, 0.25) is 0 Å². The molecular weight excluding hydrogens is 434 g/mol. The zero-order chi connectivity index (χ0) is 24.1. The number of hydrogen-bond donors (Lipinski definition) is 1. The molecule has 0 bridgehead atoms. The number of benzene rings is 1. The highest BCUT2D eigenvalue weighted by Gasteiger charge is 2.42. The Kier molecular flexibility index (Phi) is 7.37. The first-order chi connectivity index (χ1) is 15.8. The highest BCUT2D eigenvalue weighted by molar-refractivity contribution is 6.06. The van der Waals surface area contributed by atoms with Gasteiger partial charge in [0.15, 0.2) is 23.9 Å². The summed E-state index contributed by atoms with van der Waals surface area (Å²) in [6.07, 6.45) is 0. The van der Waals surface area contributed by atoms with E-state index in [0.29, 0.717) is 22.9 Å². The fourth-order valence-corrected chi connectivity index (χ4v) is 3.56. The Hall–Kier alpha value is -3.82. The molecule has 2 heterocycles. The molecule has 1 aromatic carbocycles. The second kappa shape index (κ2) is 10.2. The van der Waals surface area contributed by atoms with Crippen molar-refractivity contribution in [3.05, 3.63) is 46.3 Å². The molecule has 0 fully saturated rings. The predicted molar refractivity (Wildman–Crippen MR) is 113 cm³/mol. The van der Waals surface area contributed by atoms with Crippen LogP contribution in [0.4, 0.5) is 0 Å². The van der Waals surface area contributed by atoms with Gasteiger partial charge in [0.25, 0.3) is 0 Å². The zero-order valence-corrected chi connectivity index (χ0v) is 18.8. The molecule has 0 atom stereocenters. The third-order valence-electron chi connectivity index (χ3n) is 5.03. The van der Waals surface area contributed by atoms with Crippen LogP contribution in [-0.4, -0.2) is 50.3 Å². The third-order valence-corrected chi connectivity index (χ3v) is 5.03. The van der Waals surface area contributed by atoms with E-state index in [-0.39, 0.29) is 36.7 Å². The van der Waals surface area contributed by atoms with E-state index in [4.69, 9.17) is 23.7 Å². The van der Waals surface area contributed by atoms with E-state index >= 15 is 0 Å². The number of fused-ring (bicyclic) bond motifs is 1. The summed E-state index contributed by atoms with van der Waals surface area (Å²) in [7, 11) is 0. The summed E-state index contributed by atoms with van der Waals surface area (Å²) < 4.78 is 25.9. The predicted octanol–water partition coefficient (Wildman–Crippen LogP) is 2.03. The van der Waals surface area contributed by atoms with Crippen LogP contribution < -0.4 is 14.8 Å².